The Morgan fingerprint density at radius 1 is 0.930 bits per heavy atom. The Bertz CT molecular complexity index is 1740. The maximum atomic E-state index is 12.7. The third-order valence-corrected chi connectivity index (χ3v) is 7.77. The van der Waals surface area contributed by atoms with Gasteiger partial charge >= 0.3 is 0 Å². The summed E-state index contributed by atoms with van der Waals surface area (Å²) in [6.07, 6.45) is 1.55. The summed E-state index contributed by atoms with van der Waals surface area (Å²) in [5.74, 6) is 0.814. The molecule has 0 saturated heterocycles. The van der Waals surface area contributed by atoms with Gasteiger partial charge in [0.1, 0.15) is 6.61 Å². The van der Waals surface area contributed by atoms with Gasteiger partial charge < -0.3 is 14.8 Å². The van der Waals surface area contributed by atoms with Crippen molar-refractivity contribution >= 4 is 57.5 Å². The van der Waals surface area contributed by atoms with E-state index in [1.165, 1.54) is 16.9 Å². The number of nitrogens with one attached hydrogen (secondary N) is 2. The molecular formula is C33H28Cl2N4O3S. The lowest BCUT2D eigenvalue weighted by atomic mass is 10.1. The quantitative estimate of drug-likeness (QED) is 0.112. The summed E-state index contributed by atoms with van der Waals surface area (Å²) >= 11 is 13.6. The Labute approximate surface area is 264 Å². The molecule has 5 aromatic rings. The first-order valence-corrected chi connectivity index (χ1v) is 15.1. The van der Waals surface area contributed by atoms with Crippen molar-refractivity contribution in [3.8, 4) is 22.8 Å². The molecule has 0 radical (unpaired) electrons. The van der Waals surface area contributed by atoms with E-state index >= 15 is 0 Å². The molecule has 1 aromatic heterocycles. The monoisotopic (exact) mass is 630 g/mol. The van der Waals surface area contributed by atoms with Gasteiger partial charge in [-0.3, -0.25) is 4.79 Å². The van der Waals surface area contributed by atoms with E-state index in [0.29, 0.717) is 40.3 Å². The fourth-order valence-electron chi connectivity index (χ4n) is 4.03. The molecule has 5 rings (SSSR count). The third-order valence-electron chi connectivity index (χ3n) is 6.28. The van der Waals surface area contributed by atoms with Crippen molar-refractivity contribution in [1.29, 1.82) is 0 Å². The molecule has 0 aliphatic heterocycles. The normalized spacial score (nSPS) is 11.0. The van der Waals surface area contributed by atoms with Crippen LogP contribution in [0.4, 0.5) is 10.8 Å². The number of rotatable bonds is 11. The Morgan fingerprint density at radius 3 is 2.47 bits per heavy atom. The number of hydrogen-bond donors (Lipinski definition) is 2. The van der Waals surface area contributed by atoms with Crippen molar-refractivity contribution in [3.63, 3.8) is 0 Å². The van der Waals surface area contributed by atoms with Gasteiger partial charge in [0, 0.05) is 22.2 Å². The van der Waals surface area contributed by atoms with E-state index in [2.05, 4.69) is 39.9 Å². The minimum Gasteiger partial charge on any atom is -0.490 e. The number of hydrazone groups is 1. The summed E-state index contributed by atoms with van der Waals surface area (Å²) in [6, 6.07) is 26.2. The van der Waals surface area contributed by atoms with Gasteiger partial charge in [0.2, 0.25) is 0 Å². The summed E-state index contributed by atoms with van der Waals surface area (Å²) < 4.78 is 11.7. The number of benzene rings is 4. The minimum atomic E-state index is -0.325. The zero-order valence-electron chi connectivity index (χ0n) is 23.4. The minimum absolute atomic E-state index is 0.299. The molecule has 0 spiro atoms. The van der Waals surface area contributed by atoms with Crippen LogP contribution in [0.3, 0.4) is 0 Å². The highest BCUT2D eigenvalue weighted by Gasteiger charge is 2.10. The summed E-state index contributed by atoms with van der Waals surface area (Å²) in [5.41, 5.74) is 8.61. The molecule has 0 aliphatic carbocycles. The van der Waals surface area contributed by atoms with Gasteiger partial charge in [0.25, 0.3) is 5.91 Å². The molecule has 0 aliphatic rings. The smallest absolute Gasteiger partial charge is 0.271 e. The number of halogens is 2. The van der Waals surface area contributed by atoms with Crippen LogP contribution < -0.4 is 20.2 Å². The fraction of sp³-hybridized carbons (Fsp3) is 0.121. The number of aromatic nitrogens is 1. The summed E-state index contributed by atoms with van der Waals surface area (Å²) in [7, 11) is 0. The number of nitrogens with zero attached hydrogens (tertiary/aromatic N) is 2. The summed E-state index contributed by atoms with van der Waals surface area (Å²) in [4.78, 5) is 17.4. The number of hydrogen-bond acceptors (Lipinski definition) is 7. The van der Waals surface area contributed by atoms with Crippen LogP contribution in [0.1, 0.15) is 34.0 Å². The first kappa shape index (κ1) is 30.1. The molecule has 0 unspecified atom stereocenters. The molecule has 7 nitrogen and oxygen atoms in total. The molecule has 0 saturated carbocycles. The van der Waals surface area contributed by atoms with E-state index in [9.17, 15) is 4.79 Å². The van der Waals surface area contributed by atoms with Crippen molar-refractivity contribution in [2.45, 2.75) is 20.5 Å². The van der Waals surface area contributed by atoms with Crippen molar-refractivity contribution < 1.29 is 14.3 Å². The highest BCUT2D eigenvalue weighted by Crippen LogP contribution is 2.30. The van der Waals surface area contributed by atoms with Crippen LogP contribution in [0.5, 0.6) is 11.5 Å². The van der Waals surface area contributed by atoms with Crippen LogP contribution in [-0.4, -0.2) is 23.7 Å². The largest absolute Gasteiger partial charge is 0.490 e. The number of carbonyl (C=O) groups excluding carboxylic acids is 1. The molecule has 0 atom stereocenters. The Morgan fingerprint density at radius 2 is 1.72 bits per heavy atom. The Balaban J connectivity index is 1.17. The number of thiazole rings is 1. The second kappa shape index (κ2) is 14.2. The van der Waals surface area contributed by atoms with Gasteiger partial charge in [-0.05, 0) is 79.6 Å². The van der Waals surface area contributed by atoms with E-state index in [0.717, 1.165) is 33.2 Å². The molecule has 4 aromatic carbocycles. The standard InChI is InChI=1S/C33H28Cl2N4O3S/c1-3-41-31-17-22(7-15-30(31)42-19-23-6-14-27(34)28(35)16-23)18-36-39-32(40)25-10-8-24(9-11-25)29-20-43-33(38-29)37-26-12-4-21(2)5-13-26/h4-18,20H,3,19H2,1-2H3,(H,37,38)(H,39,40)/b36-18-. The molecule has 10 heteroatoms. The lowest BCUT2D eigenvalue weighted by Gasteiger charge is -2.13. The van der Waals surface area contributed by atoms with Gasteiger partial charge in [-0.2, -0.15) is 5.10 Å². The Hall–Kier alpha value is -4.37. The fourth-order valence-corrected chi connectivity index (χ4v) is 5.09. The molecule has 1 heterocycles. The van der Waals surface area contributed by atoms with Crippen molar-refractivity contribution in [3.05, 3.63) is 123 Å². The molecule has 0 fully saturated rings. The van der Waals surface area contributed by atoms with Crippen LogP contribution in [0.2, 0.25) is 10.0 Å². The summed E-state index contributed by atoms with van der Waals surface area (Å²) in [6.45, 7) is 4.71. The zero-order valence-corrected chi connectivity index (χ0v) is 25.8. The van der Waals surface area contributed by atoms with Crippen molar-refractivity contribution in [2.75, 3.05) is 11.9 Å². The lowest BCUT2D eigenvalue weighted by molar-refractivity contribution is 0.0955. The van der Waals surface area contributed by atoms with E-state index in [1.54, 1.807) is 42.6 Å². The highest BCUT2D eigenvalue weighted by molar-refractivity contribution is 7.14. The third kappa shape index (κ3) is 8.14. The second-order valence-corrected chi connectivity index (χ2v) is 11.2. The average Bonchev–Trinajstić information content (AvgIpc) is 3.48. The predicted octanol–water partition coefficient (Wildman–Crippen LogP) is 8.91. The number of aryl methyl sites for hydroxylation is 1. The van der Waals surface area contributed by atoms with E-state index in [1.807, 2.05) is 48.7 Å². The van der Waals surface area contributed by atoms with Crippen LogP contribution >= 0.6 is 34.5 Å². The number of anilines is 2. The van der Waals surface area contributed by atoms with Crippen molar-refractivity contribution in [1.82, 2.24) is 10.4 Å². The lowest BCUT2D eigenvalue weighted by Crippen LogP contribution is -2.17. The van der Waals surface area contributed by atoms with Gasteiger partial charge in [0.15, 0.2) is 16.6 Å². The second-order valence-electron chi connectivity index (χ2n) is 9.48. The molecular weight excluding hydrogens is 603 g/mol. The van der Waals surface area contributed by atoms with Crippen LogP contribution in [-0.2, 0) is 6.61 Å². The first-order chi connectivity index (χ1) is 20.9. The molecule has 218 valence electrons. The van der Waals surface area contributed by atoms with Gasteiger partial charge in [-0.1, -0.05) is 59.1 Å². The average molecular weight is 632 g/mol. The predicted molar refractivity (Wildman–Crippen MR) is 175 cm³/mol. The molecule has 43 heavy (non-hydrogen) atoms. The first-order valence-electron chi connectivity index (χ1n) is 13.4. The SMILES string of the molecule is CCOc1cc(/C=N\NC(=O)c2ccc(-c3csc(Nc4ccc(C)cc4)n3)cc2)ccc1OCc1ccc(Cl)c(Cl)c1. The number of ether oxygens (including phenoxy) is 2. The van der Waals surface area contributed by atoms with Gasteiger partial charge in [0.05, 0.1) is 28.6 Å². The van der Waals surface area contributed by atoms with Crippen LogP contribution in [0.25, 0.3) is 11.3 Å². The number of amides is 1. The zero-order chi connectivity index (χ0) is 30.2. The van der Waals surface area contributed by atoms with Crippen molar-refractivity contribution in [2.24, 2.45) is 5.10 Å². The van der Waals surface area contributed by atoms with E-state index < -0.39 is 0 Å². The number of carbonyl (C=O) groups is 1. The maximum absolute atomic E-state index is 12.7. The Kier molecular flexibility index (Phi) is 9.94. The van der Waals surface area contributed by atoms with Gasteiger partial charge in [-0.25, -0.2) is 10.4 Å². The highest BCUT2D eigenvalue weighted by atomic mass is 35.5. The molecule has 1 amide bonds. The summed E-state index contributed by atoms with van der Waals surface area (Å²) in [5, 5.41) is 11.2. The van der Waals surface area contributed by atoms with Gasteiger partial charge in [-0.15, -0.1) is 11.3 Å². The molecule has 0 bridgehead atoms. The molecule has 2 N–H and O–H groups in total. The topological polar surface area (TPSA) is 84.8 Å². The maximum Gasteiger partial charge on any atom is 0.271 e. The van der Waals surface area contributed by atoms with Crippen LogP contribution in [0.15, 0.2) is 95.4 Å². The van der Waals surface area contributed by atoms with E-state index in [-0.39, 0.29) is 5.91 Å². The van der Waals surface area contributed by atoms with E-state index in [4.69, 9.17) is 32.7 Å². The van der Waals surface area contributed by atoms with Crippen LogP contribution in [0, 0.1) is 6.92 Å².